The molecule has 1 aliphatic carbocycles. The van der Waals surface area contributed by atoms with Gasteiger partial charge in [-0.3, -0.25) is 4.79 Å². The van der Waals surface area contributed by atoms with Crippen molar-refractivity contribution in [3.63, 3.8) is 0 Å². The summed E-state index contributed by atoms with van der Waals surface area (Å²) in [7, 11) is 0. The predicted molar refractivity (Wildman–Crippen MR) is 64.1 cm³/mol. The van der Waals surface area contributed by atoms with Gasteiger partial charge in [0.2, 0.25) is 0 Å². The molecule has 20 heavy (non-hydrogen) atoms. The summed E-state index contributed by atoms with van der Waals surface area (Å²) in [6.45, 7) is -0.0558. The van der Waals surface area contributed by atoms with Crippen LogP contribution in [0.2, 0.25) is 0 Å². The van der Waals surface area contributed by atoms with Gasteiger partial charge in [0, 0.05) is 6.04 Å². The van der Waals surface area contributed by atoms with E-state index in [1.54, 1.807) is 0 Å². The fourth-order valence-electron chi connectivity index (χ4n) is 2.27. The Kier molecular flexibility index (Phi) is 2.74. The zero-order valence-electron chi connectivity index (χ0n) is 10.4. The SMILES string of the molecule is O=C1CN(C2CC2)C(=O)N1c1cccc(C(F)(F)F)c1. The largest absolute Gasteiger partial charge is 0.416 e. The summed E-state index contributed by atoms with van der Waals surface area (Å²) in [6.07, 6.45) is -2.82. The van der Waals surface area contributed by atoms with Gasteiger partial charge in [-0.05, 0) is 31.0 Å². The van der Waals surface area contributed by atoms with Crippen molar-refractivity contribution in [2.45, 2.75) is 25.1 Å². The maximum atomic E-state index is 12.7. The van der Waals surface area contributed by atoms with Crippen LogP contribution in [0.4, 0.5) is 23.7 Å². The number of hydrogen-bond donors (Lipinski definition) is 0. The van der Waals surface area contributed by atoms with Gasteiger partial charge in [-0.25, -0.2) is 9.69 Å². The summed E-state index contributed by atoms with van der Waals surface area (Å²) in [6, 6.07) is 3.79. The normalized spacial score (nSPS) is 19.9. The Labute approximate surface area is 112 Å². The number of imide groups is 1. The first-order valence-electron chi connectivity index (χ1n) is 6.19. The molecule has 0 unspecified atom stereocenters. The number of anilines is 1. The van der Waals surface area contributed by atoms with E-state index in [4.69, 9.17) is 0 Å². The molecule has 0 bridgehead atoms. The van der Waals surface area contributed by atoms with Crippen LogP contribution in [0.15, 0.2) is 24.3 Å². The van der Waals surface area contributed by atoms with Gasteiger partial charge in [0.1, 0.15) is 6.54 Å². The quantitative estimate of drug-likeness (QED) is 0.783. The molecule has 0 aromatic heterocycles. The van der Waals surface area contributed by atoms with Crippen molar-refractivity contribution in [1.82, 2.24) is 4.90 Å². The highest BCUT2D eigenvalue weighted by molar-refractivity contribution is 6.20. The molecule has 1 aromatic carbocycles. The molecular weight excluding hydrogens is 273 g/mol. The minimum absolute atomic E-state index is 0.0297. The van der Waals surface area contributed by atoms with Crippen LogP contribution in [0.1, 0.15) is 18.4 Å². The molecule has 1 aromatic rings. The number of benzene rings is 1. The van der Waals surface area contributed by atoms with Crippen LogP contribution in [0.3, 0.4) is 0 Å². The van der Waals surface area contributed by atoms with E-state index < -0.39 is 23.7 Å². The number of amides is 3. The van der Waals surface area contributed by atoms with Crippen molar-refractivity contribution < 1.29 is 22.8 Å². The van der Waals surface area contributed by atoms with E-state index in [-0.39, 0.29) is 18.3 Å². The number of carbonyl (C=O) groups is 2. The Morgan fingerprint density at radius 2 is 1.85 bits per heavy atom. The average Bonchev–Trinajstić information content (AvgIpc) is 3.15. The van der Waals surface area contributed by atoms with Gasteiger partial charge in [0.05, 0.1) is 11.3 Å². The first-order valence-corrected chi connectivity index (χ1v) is 6.19. The van der Waals surface area contributed by atoms with Gasteiger partial charge in [-0.1, -0.05) is 6.07 Å². The molecule has 1 heterocycles. The standard InChI is InChI=1S/C13H11F3N2O2/c14-13(15,16)8-2-1-3-10(6-8)18-11(19)7-17(12(18)20)9-4-5-9/h1-3,6,9H,4-5,7H2. The smallest absolute Gasteiger partial charge is 0.312 e. The van der Waals surface area contributed by atoms with Gasteiger partial charge in [-0.15, -0.1) is 0 Å². The molecule has 0 spiro atoms. The molecule has 7 heteroatoms. The molecule has 0 N–H and O–H groups in total. The lowest BCUT2D eigenvalue weighted by molar-refractivity contribution is -0.137. The molecular formula is C13H11F3N2O2. The molecule has 0 radical (unpaired) electrons. The van der Waals surface area contributed by atoms with Crippen LogP contribution in [-0.4, -0.2) is 29.4 Å². The van der Waals surface area contributed by atoms with E-state index in [1.807, 2.05) is 0 Å². The second kappa shape index (κ2) is 4.22. The van der Waals surface area contributed by atoms with Gasteiger partial charge in [0.25, 0.3) is 5.91 Å². The van der Waals surface area contributed by atoms with E-state index in [2.05, 4.69) is 0 Å². The van der Waals surface area contributed by atoms with Crippen molar-refractivity contribution in [3.8, 4) is 0 Å². The molecule has 2 fully saturated rings. The lowest BCUT2D eigenvalue weighted by Gasteiger charge is -2.17. The van der Waals surface area contributed by atoms with E-state index in [9.17, 15) is 22.8 Å². The number of alkyl halides is 3. The number of urea groups is 1. The van der Waals surface area contributed by atoms with E-state index in [0.717, 1.165) is 29.9 Å². The van der Waals surface area contributed by atoms with Crippen LogP contribution in [-0.2, 0) is 11.0 Å². The molecule has 1 aliphatic heterocycles. The van der Waals surface area contributed by atoms with E-state index in [1.165, 1.54) is 17.0 Å². The Morgan fingerprint density at radius 3 is 2.45 bits per heavy atom. The van der Waals surface area contributed by atoms with Gasteiger partial charge in [0.15, 0.2) is 0 Å². The summed E-state index contributed by atoms with van der Waals surface area (Å²) < 4.78 is 38.0. The third-order valence-corrected chi connectivity index (χ3v) is 3.41. The third kappa shape index (κ3) is 2.13. The van der Waals surface area contributed by atoms with Gasteiger partial charge in [-0.2, -0.15) is 13.2 Å². The summed E-state index contributed by atoms with van der Waals surface area (Å²) in [5.41, 5.74) is -0.904. The first-order chi connectivity index (χ1) is 9.38. The van der Waals surface area contributed by atoms with Crippen LogP contribution in [0.5, 0.6) is 0 Å². The Hall–Kier alpha value is -2.05. The molecule has 1 saturated carbocycles. The Morgan fingerprint density at radius 1 is 1.15 bits per heavy atom. The number of halogens is 3. The molecule has 4 nitrogen and oxygen atoms in total. The van der Waals surface area contributed by atoms with E-state index in [0.29, 0.717) is 0 Å². The number of hydrogen-bond acceptors (Lipinski definition) is 2. The molecule has 0 atom stereocenters. The highest BCUT2D eigenvalue weighted by atomic mass is 19.4. The minimum atomic E-state index is -4.50. The van der Waals surface area contributed by atoms with Crippen molar-refractivity contribution in [1.29, 1.82) is 0 Å². The summed E-state index contributed by atoms with van der Waals surface area (Å²) in [5, 5.41) is 0. The maximum absolute atomic E-state index is 12.7. The predicted octanol–water partition coefficient (Wildman–Crippen LogP) is 2.64. The van der Waals surface area contributed by atoms with Crippen LogP contribution < -0.4 is 4.90 Å². The molecule has 106 valence electrons. The monoisotopic (exact) mass is 284 g/mol. The van der Waals surface area contributed by atoms with Crippen molar-refractivity contribution in [2.75, 3.05) is 11.4 Å². The summed E-state index contributed by atoms with van der Waals surface area (Å²) in [4.78, 5) is 26.2. The van der Waals surface area contributed by atoms with Crippen molar-refractivity contribution in [2.24, 2.45) is 0 Å². The number of rotatable bonds is 2. The third-order valence-electron chi connectivity index (χ3n) is 3.41. The molecule has 1 saturated heterocycles. The number of carbonyl (C=O) groups excluding carboxylic acids is 2. The lowest BCUT2D eigenvalue weighted by Crippen LogP contribution is -2.34. The number of nitrogens with zero attached hydrogens (tertiary/aromatic N) is 2. The van der Waals surface area contributed by atoms with Crippen LogP contribution >= 0.6 is 0 Å². The van der Waals surface area contributed by atoms with Gasteiger partial charge >= 0.3 is 12.2 Å². The first kappa shape index (κ1) is 13.0. The summed E-state index contributed by atoms with van der Waals surface area (Å²) >= 11 is 0. The van der Waals surface area contributed by atoms with Crippen LogP contribution in [0, 0.1) is 0 Å². The fraction of sp³-hybridized carbons (Fsp3) is 0.385. The lowest BCUT2D eigenvalue weighted by atomic mass is 10.2. The average molecular weight is 284 g/mol. The zero-order chi connectivity index (χ0) is 14.5. The Balaban J connectivity index is 1.92. The Bertz CT molecular complexity index is 581. The van der Waals surface area contributed by atoms with Crippen LogP contribution in [0.25, 0.3) is 0 Å². The maximum Gasteiger partial charge on any atom is 0.416 e. The van der Waals surface area contributed by atoms with Crippen molar-refractivity contribution >= 4 is 17.6 Å². The van der Waals surface area contributed by atoms with Gasteiger partial charge < -0.3 is 4.90 Å². The second-order valence-electron chi connectivity index (χ2n) is 4.92. The molecule has 3 rings (SSSR count). The zero-order valence-corrected chi connectivity index (χ0v) is 10.4. The summed E-state index contributed by atoms with van der Waals surface area (Å²) in [5.74, 6) is -0.485. The fourth-order valence-corrected chi connectivity index (χ4v) is 2.27. The minimum Gasteiger partial charge on any atom is -0.312 e. The second-order valence-corrected chi connectivity index (χ2v) is 4.92. The molecule has 3 amide bonds. The van der Waals surface area contributed by atoms with E-state index >= 15 is 0 Å². The highest BCUT2D eigenvalue weighted by Gasteiger charge is 2.44. The topological polar surface area (TPSA) is 40.6 Å². The molecule has 2 aliphatic rings. The highest BCUT2D eigenvalue weighted by Crippen LogP contribution is 2.35. The van der Waals surface area contributed by atoms with Crippen molar-refractivity contribution in [3.05, 3.63) is 29.8 Å².